The van der Waals surface area contributed by atoms with Crippen LogP contribution in [0.5, 0.6) is 0 Å². The Morgan fingerprint density at radius 3 is 2.80 bits per heavy atom. The van der Waals surface area contributed by atoms with Crippen LogP contribution >= 0.6 is 11.3 Å². The Balaban J connectivity index is 1.92. The number of amides is 1. The van der Waals surface area contributed by atoms with E-state index in [4.69, 9.17) is 0 Å². The van der Waals surface area contributed by atoms with E-state index in [0.717, 1.165) is 23.5 Å². The lowest BCUT2D eigenvalue weighted by atomic mass is 10.2. The predicted molar refractivity (Wildman–Crippen MR) is 77.9 cm³/mol. The van der Waals surface area contributed by atoms with Crippen molar-refractivity contribution in [2.45, 2.75) is 39.5 Å². The number of hydrogen-bond donors (Lipinski definition) is 1. The van der Waals surface area contributed by atoms with E-state index < -0.39 is 0 Å². The summed E-state index contributed by atoms with van der Waals surface area (Å²) >= 11 is 1.41. The standard InChI is InChI=1S/C13H17N5OS/c1-3-4-5-6-11-17-18-13(20-11)16-12(19)10-8-14-9(2)7-15-10/h7-8H,3-6H2,1-2H3,(H,16,18,19). The smallest absolute Gasteiger partial charge is 0.277 e. The van der Waals surface area contributed by atoms with Gasteiger partial charge in [0, 0.05) is 12.6 Å². The lowest BCUT2D eigenvalue weighted by molar-refractivity contribution is 0.102. The molecule has 7 heteroatoms. The number of nitrogens with one attached hydrogen (secondary N) is 1. The van der Waals surface area contributed by atoms with Crippen molar-refractivity contribution in [3.63, 3.8) is 0 Å². The van der Waals surface area contributed by atoms with Crippen molar-refractivity contribution in [2.24, 2.45) is 0 Å². The molecule has 0 saturated heterocycles. The molecule has 106 valence electrons. The minimum atomic E-state index is -0.311. The lowest BCUT2D eigenvalue weighted by Crippen LogP contribution is -2.13. The zero-order valence-electron chi connectivity index (χ0n) is 11.6. The molecule has 20 heavy (non-hydrogen) atoms. The van der Waals surface area contributed by atoms with Gasteiger partial charge in [-0.15, -0.1) is 10.2 Å². The van der Waals surface area contributed by atoms with Crippen LogP contribution in [-0.4, -0.2) is 26.1 Å². The summed E-state index contributed by atoms with van der Waals surface area (Å²) in [4.78, 5) is 20.0. The summed E-state index contributed by atoms with van der Waals surface area (Å²) < 4.78 is 0. The van der Waals surface area contributed by atoms with E-state index in [0.29, 0.717) is 5.13 Å². The first-order valence-electron chi connectivity index (χ1n) is 6.61. The van der Waals surface area contributed by atoms with Gasteiger partial charge < -0.3 is 0 Å². The topological polar surface area (TPSA) is 80.7 Å². The van der Waals surface area contributed by atoms with Crippen molar-refractivity contribution in [3.05, 3.63) is 28.8 Å². The van der Waals surface area contributed by atoms with E-state index in [1.165, 1.54) is 30.4 Å². The van der Waals surface area contributed by atoms with Gasteiger partial charge in [0.1, 0.15) is 10.7 Å². The van der Waals surface area contributed by atoms with Gasteiger partial charge in [-0.1, -0.05) is 31.1 Å². The van der Waals surface area contributed by atoms with Crippen molar-refractivity contribution in [1.29, 1.82) is 0 Å². The molecule has 1 amide bonds. The molecule has 0 aliphatic rings. The zero-order chi connectivity index (χ0) is 14.4. The van der Waals surface area contributed by atoms with Crippen LogP contribution in [0, 0.1) is 6.92 Å². The number of aromatic nitrogens is 4. The fourth-order valence-corrected chi connectivity index (χ4v) is 2.38. The second-order valence-electron chi connectivity index (χ2n) is 4.46. The molecule has 2 aromatic rings. The molecular weight excluding hydrogens is 274 g/mol. The number of unbranched alkanes of at least 4 members (excludes halogenated alkanes) is 2. The Morgan fingerprint density at radius 2 is 2.10 bits per heavy atom. The zero-order valence-corrected chi connectivity index (χ0v) is 12.4. The molecule has 0 saturated carbocycles. The maximum Gasteiger partial charge on any atom is 0.277 e. The van der Waals surface area contributed by atoms with Gasteiger partial charge in [-0.3, -0.25) is 15.1 Å². The molecule has 0 unspecified atom stereocenters. The van der Waals surface area contributed by atoms with Gasteiger partial charge in [0.05, 0.1) is 11.9 Å². The van der Waals surface area contributed by atoms with Crippen LogP contribution in [0.15, 0.2) is 12.4 Å². The minimum Gasteiger partial charge on any atom is -0.295 e. The Bertz CT molecular complexity index is 566. The molecular formula is C13H17N5OS. The lowest BCUT2D eigenvalue weighted by Gasteiger charge is -1.99. The van der Waals surface area contributed by atoms with Gasteiger partial charge in [0.15, 0.2) is 0 Å². The third kappa shape index (κ3) is 4.06. The van der Waals surface area contributed by atoms with Gasteiger partial charge >= 0.3 is 0 Å². The maximum atomic E-state index is 11.9. The Kier molecular flexibility index (Phi) is 5.11. The summed E-state index contributed by atoms with van der Waals surface area (Å²) in [7, 11) is 0. The van der Waals surface area contributed by atoms with Crippen molar-refractivity contribution in [1.82, 2.24) is 20.2 Å². The van der Waals surface area contributed by atoms with Crippen LogP contribution < -0.4 is 5.32 Å². The van der Waals surface area contributed by atoms with E-state index in [1.807, 2.05) is 6.92 Å². The highest BCUT2D eigenvalue weighted by molar-refractivity contribution is 7.15. The maximum absolute atomic E-state index is 11.9. The Morgan fingerprint density at radius 1 is 1.25 bits per heavy atom. The quantitative estimate of drug-likeness (QED) is 0.827. The van der Waals surface area contributed by atoms with E-state index in [1.54, 1.807) is 6.20 Å². The van der Waals surface area contributed by atoms with E-state index in [9.17, 15) is 4.79 Å². The summed E-state index contributed by atoms with van der Waals surface area (Å²) in [6.07, 6.45) is 7.38. The number of nitrogens with zero attached hydrogens (tertiary/aromatic N) is 4. The summed E-state index contributed by atoms with van der Waals surface area (Å²) in [6, 6.07) is 0. The van der Waals surface area contributed by atoms with Crippen molar-refractivity contribution >= 4 is 22.4 Å². The number of hydrogen-bond acceptors (Lipinski definition) is 6. The second kappa shape index (κ2) is 7.04. The summed E-state index contributed by atoms with van der Waals surface area (Å²) in [5.74, 6) is -0.311. The highest BCUT2D eigenvalue weighted by atomic mass is 32.1. The fourth-order valence-electron chi connectivity index (χ4n) is 1.60. The minimum absolute atomic E-state index is 0.276. The Labute approximate surface area is 121 Å². The average Bonchev–Trinajstić information content (AvgIpc) is 2.87. The van der Waals surface area contributed by atoms with Crippen molar-refractivity contribution in [3.8, 4) is 0 Å². The van der Waals surface area contributed by atoms with Crippen molar-refractivity contribution < 1.29 is 4.79 Å². The summed E-state index contributed by atoms with van der Waals surface area (Å²) in [5, 5.41) is 12.2. The van der Waals surface area contributed by atoms with E-state index >= 15 is 0 Å². The number of rotatable bonds is 6. The molecule has 0 aliphatic carbocycles. The number of anilines is 1. The van der Waals surface area contributed by atoms with E-state index in [2.05, 4.69) is 32.4 Å². The Hall–Kier alpha value is -1.89. The van der Waals surface area contributed by atoms with Crippen LogP contribution in [0.2, 0.25) is 0 Å². The number of carbonyl (C=O) groups excluding carboxylic acids is 1. The van der Waals surface area contributed by atoms with Crippen molar-refractivity contribution in [2.75, 3.05) is 5.32 Å². The highest BCUT2D eigenvalue weighted by Crippen LogP contribution is 2.18. The number of aryl methyl sites for hydroxylation is 2. The molecule has 2 rings (SSSR count). The van der Waals surface area contributed by atoms with Crippen LogP contribution in [0.4, 0.5) is 5.13 Å². The highest BCUT2D eigenvalue weighted by Gasteiger charge is 2.11. The van der Waals surface area contributed by atoms with Crippen LogP contribution in [0.3, 0.4) is 0 Å². The number of carbonyl (C=O) groups is 1. The average molecular weight is 291 g/mol. The molecule has 0 aliphatic heterocycles. The third-order valence-corrected chi connectivity index (χ3v) is 3.59. The molecule has 0 bridgehead atoms. The van der Waals surface area contributed by atoms with Gasteiger partial charge in [0.25, 0.3) is 5.91 Å². The van der Waals surface area contributed by atoms with Crippen LogP contribution in [0.1, 0.15) is 47.4 Å². The molecule has 1 N–H and O–H groups in total. The first-order chi connectivity index (χ1) is 9.69. The van der Waals surface area contributed by atoms with Gasteiger partial charge in [-0.25, -0.2) is 4.98 Å². The molecule has 2 aromatic heterocycles. The fraction of sp³-hybridized carbons (Fsp3) is 0.462. The molecule has 0 fully saturated rings. The normalized spacial score (nSPS) is 10.5. The first kappa shape index (κ1) is 14.5. The molecule has 0 radical (unpaired) electrons. The predicted octanol–water partition coefficient (Wildman–Crippen LogP) is 2.62. The molecule has 2 heterocycles. The van der Waals surface area contributed by atoms with Gasteiger partial charge in [-0.2, -0.15) is 0 Å². The van der Waals surface area contributed by atoms with Crippen LogP contribution in [0.25, 0.3) is 0 Å². The monoisotopic (exact) mass is 291 g/mol. The molecule has 0 spiro atoms. The van der Waals surface area contributed by atoms with Gasteiger partial charge in [0.2, 0.25) is 5.13 Å². The first-order valence-corrected chi connectivity index (χ1v) is 7.43. The van der Waals surface area contributed by atoms with E-state index in [-0.39, 0.29) is 11.6 Å². The molecule has 6 nitrogen and oxygen atoms in total. The summed E-state index contributed by atoms with van der Waals surface area (Å²) in [5.41, 5.74) is 1.05. The summed E-state index contributed by atoms with van der Waals surface area (Å²) in [6.45, 7) is 3.98. The molecule has 0 aromatic carbocycles. The molecule has 0 atom stereocenters. The largest absolute Gasteiger partial charge is 0.295 e. The van der Waals surface area contributed by atoms with Crippen LogP contribution in [-0.2, 0) is 6.42 Å². The SMILES string of the molecule is CCCCCc1nnc(NC(=O)c2cnc(C)cn2)s1. The second-order valence-corrected chi connectivity index (χ2v) is 5.52. The van der Waals surface area contributed by atoms with Gasteiger partial charge in [-0.05, 0) is 13.3 Å². The third-order valence-electron chi connectivity index (χ3n) is 2.70.